The first-order valence-electron chi connectivity index (χ1n) is 13.1. The number of aliphatic hydroxyl groups excluding tert-OH is 2. The van der Waals surface area contributed by atoms with Crippen molar-refractivity contribution < 1.29 is 24.8 Å². The molecule has 0 aromatic carbocycles. The van der Waals surface area contributed by atoms with Gasteiger partial charge in [-0.2, -0.15) is 0 Å². The molecule has 6 rings (SSSR count). The second-order valence-electron chi connectivity index (χ2n) is 12.9. The van der Waals surface area contributed by atoms with E-state index in [2.05, 4.69) is 26.8 Å². The summed E-state index contributed by atoms with van der Waals surface area (Å²) in [5.41, 5.74) is 0.566. The van der Waals surface area contributed by atoms with Gasteiger partial charge >= 0.3 is 0 Å². The van der Waals surface area contributed by atoms with Crippen LogP contribution in [0.2, 0.25) is 0 Å². The lowest BCUT2D eigenvalue weighted by Gasteiger charge is -2.59. The largest absolute Gasteiger partial charge is 0.393 e. The molecule has 0 amide bonds. The quantitative estimate of drug-likeness (QED) is 0.493. The fourth-order valence-corrected chi connectivity index (χ4v) is 9.58. The summed E-state index contributed by atoms with van der Waals surface area (Å²) in [7, 11) is 0. The van der Waals surface area contributed by atoms with E-state index < -0.39 is 17.5 Å². The highest BCUT2D eigenvalue weighted by Crippen LogP contribution is 2.72. The van der Waals surface area contributed by atoms with Gasteiger partial charge in [-0.1, -0.05) is 39.3 Å². The third-order valence-electron chi connectivity index (χ3n) is 11.7. The molecule has 5 heteroatoms. The summed E-state index contributed by atoms with van der Waals surface area (Å²) in [4.78, 5) is 0. The first-order valence-corrected chi connectivity index (χ1v) is 13.1. The van der Waals surface area contributed by atoms with E-state index in [1.54, 1.807) is 0 Å². The molecule has 1 spiro atoms. The van der Waals surface area contributed by atoms with Gasteiger partial charge in [-0.05, 0) is 68.1 Å². The molecular weight excluding hydrogens is 404 g/mol. The van der Waals surface area contributed by atoms with E-state index in [1.165, 1.54) is 5.57 Å². The number of aliphatic hydroxyl groups is 3. The van der Waals surface area contributed by atoms with Crippen LogP contribution in [0, 0.1) is 40.4 Å². The first kappa shape index (κ1) is 22.0. The number of hydrogen-bond acceptors (Lipinski definition) is 5. The summed E-state index contributed by atoms with van der Waals surface area (Å²) in [6.07, 6.45) is 8.99. The minimum absolute atomic E-state index is 0.100. The molecule has 2 heterocycles. The molecule has 180 valence electrons. The third kappa shape index (κ3) is 2.53. The van der Waals surface area contributed by atoms with Crippen molar-refractivity contribution in [2.45, 2.75) is 109 Å². The Balaban J connectivity index is 1.32. The van der Waals surface area contributed by atoms with E-state index in [1.807, 2.05) is 6.92 Å². The number of ether oxygens (including phenoxy) is 2. The Morgan fingerprint density at radius 3 is 2.59 bits per heavy atom. The van der Waals surface area contributed by atoms with Gasteiger partial charge in [0.2, 0.25) is 0 Å². The van der Waals surface area contributed by atoms with E-state index in [4.69, 9.17) is 9.47 Å². The molecule has 3 saturated carbocycles. The average molecular weight is 447 g/mol. The Hall–Kier alpha value is -0.460. The Labute approximate surface area is 192 Å². The van der Waals surface area contributed by atoms with Crippen LogP contribution in [0.3, 0.4) is 0 Å². The highest BCUT2D eigenvalue weighted by Gasteiger charge is 2.76. The molecule has 0 aromatic heterocycles. The van der Waals surface area contributed by atoms with Crippen molar-refractivity contribution in [1.29, 1.82) is 0 Å². The fraction of sp³-hybridized carbons (Fsp3) is 0.926. The lowest BCUT2D eigenvalue weighted by molar-refractivity contribution is -0.292. The molecule has 2 aliphatic heterocycles. The average Bonchev–Trinajstić information content (AvgIpc) is 3.10. The topological polar surface area (TPSA) is 79.2 Å². The predicted octanol–water partition coefficient (Wildman–Crippen LogP) is 3.80. The van der Waals surface area contributed by atoms with Crippen molar-refractivity contribution >= 4 is 0 Å². The molecule has 5 fully saturated rings. The number of hydrogen-bond donors (Lipinski definition) is 3. The Morgan fingerprint density at radius 2 is 1.84 bits per heavy atom. The number of rotatable bonds is 0. The van der Waals surface area contributed by atoms with Gasteiger partial charge in [-0.3, -0.25) is 0 Å². The van der Waals surface area contributed by atoms with Crippen LogP contribution in [0.4, 0.5) is 0 Å². The van der Waals surface area contributed by atoms with Crippen LogP contribution < -0.4 is 0 Å². The summed E-state index contributed by atoms with van der Waals surface area (Å²) >= 11 is 0. The molecule has 32 heavy (non-hydrogen) atoms. The second kappa shape index (κ2) is 6.81. The zero-order valence-corrected chi connectivity index (χ0v) is 20.2. The van der Waals surface area contributed by atoms with Gasteiger partial charge in [0.15, 0.2) is 5.79 Å². The number of allylic oxidation sites excluding steroid dienone is 1. The Bertz CT molecular complexity index is 827. The van der Waals surface area contributed by atoms with E-state index in [0.29, 0.717) is 30.8 Å². The van der Waals surface area contributed by atoms with E-state index in [9.17, 15) is 15.3 Å². The van der Waals surface area contributed by atoms with Crippen molar-refractivity contribution in [3.05, 3.63) is 11.6 Å². The van der Waals surface area contributed by atoms with E-state index in [-0.39, 0.29) is 34.9 Å². The van der Waals surface area contributed by atoms with Gasteiger partial charge in [0.25, 0.3) is 0 Å². The molecule has 0 aromatic rings. The Kier molecular flexibility index (Phi) is 4.69. The standard InChI is InChI=1S/C27H42O5/c1-15-14-31-26(13-22(15)29)16(2)27(30)23(32-26)12-21-19-6-5-17-11-18(28)7-9-24(17,3)20(19)8-10-25(21,27)4/h5,15-16,18-23,28-30H,6-14H2,1-4H3/t15?,16-,18?,19-,20+,21+,22?,23+,24+,25+,26-,27-/m1/s1. The summed E-state index contributed by atoms with van der Waals surface area (Å²) < 4.78 is 12.9. The molecule has 2 saturated heterocycles. The van der Waals surface area contributed by atoms with Crippen molar-refractivity contribution in [3.8, 4) is 0 Å². The van der Waals surface area contributed by atoms with Crippen LogP contribution in [0.1, 0.15) is 79.1 Å². The highest BCUT2D eigenvalue weighted by atomic mass is 16.7. The van der Waals surface area contributed by atoms with Gasteiger partial charge < -0.3 is 24.8 Å². The monoisotopic (exact) mass is 446 g/mol. The normalized spacial score (nSPS) is 61.5. The summed E-state index contributed by atoms with van der Waals surface area (Å²) in [5.74, 6) is 0.712. The molecule has 5 nitrogen and oxygen atoms in total. The van der Waals surface area contributed by atoms with Gasteiger partial charge in [-0.25, -0.2) is 0 Å². The van der Waals surface area contributed by atoms with Crippen LogP contribution in [0.5, 0.6) is 0 Å². The van der Waals surface area contributed by atoms with Crippen molar-refractivity contribution in [2.24, 2.45) is 40.4 Å². The van der Waals surface area contributed by atoms with Crippen molar-refractivity contribution in [3.63, 3.8) is 0 Å². The third-order valence-corrected chi connectivity index (χ3v) is 11.7. The zero-order chi connectivity index (χ0) is 22.7. The van der Waals surface area contributed by atoms with Crippen LogP contribution >= 0.6 is 0 Å². The van der Waals surface area contributed by atoms with Crippen LogP contribution in [-0.4, -0.2) is 51.6 Å². The Morgan fingerprint density at radius 1 is 1.06 bits per heavy atom. The molecule has 0 radical (unpaired) electrons. The fourth-order valence-electron chi connectivity index (χ4n) is 9.58. The molecule has 4 aliphatic carbocycles. The second-order valence-corrected chi connectivity index (χ2v) is 12.9. The molecule has 3 unspecified atom stereocenters. The predicted molar refractivity (Wildman–Crippen MR) is 121 cm³/mol. The lowest BCUT2D eigenvalue weighted by Crippen LogP contribution is -2.60. The first-order chi connectivity index (χ1) is 15.0. The summed E-state index contributed by atoms with van der Waals surface area (Å²) in [6.45, 7) is 9.37. The summed E-state index contributed by atoms with van der Waals surface area (Å²) in [5, 5.41) is 33.3. The van der Waals surface area contributed by atoms with Gasteiger partial charge in [0, 0.05) is 23.7 Å². The minimum atomic E-state index is -0.920. The maximum absolute atomic E-state index is 12.4. The smallest absolute Gasteiger partial charge is 0.176 e. The van der Waals surface area contributed by atoms with Crippen molar-refractivity contribution in [2.75, 3.05) is 6.61 Å². The molecule has 3 N–H and O–H groups in total. The SMILES string of the molecule is CC1CO[C@]2(CC1O)O[C@H]1C[C@H]3[C@@H]4CC=C5CC(O)CC[C@]5(C)[C@H]4CC[C@]3(C)[C@@]1(O)[C@@H]2C. The zero-order valence-electron chi connectivity index (χ0n) is 20.2. The van der Waals surface area contributed by atoms with Crippen LogP contribution in [0.15, 0.2) is 11.6 Å². The maximum Gasteiger partial charge on any atom is 0.176 e. The molecular formula is C27H42O5. The highest BCUT2D eigenvalue weighted by molar-refractivity contribution is 5.28. The van der Waals surface area contributed by atoms with Gasteiger partial charge in [0.05, 0.1) is 24.9 Å². The summed E-state index contributed by atoms with van der Waals surface area (Å²) in [6, 6.07) is 0. The van der Waals surface area contributed by atoms with Crippen molar-refractivity contribution in [1.82, 2.24) is 0 Å². The minimum Gasteiger partial charge on any atom is -0.393 e. The molecule has 0 bridgehead atoms. The molecule has 12 atom stereocenters. The molecule has 6 aliphatic rings. The lowest BCUT2D eigenvalue weighted by atomic mass is 9.46. The maximum atomic E-state index is 12.4. The van der Waals surface area contributed by atoms with E-state index in [0.717, 1.165) is 44.9 Å². The van der Waals surface area contributed by atoms with E-state index >= 15 is 0 Å². The number of fused-ring (bicyclic) bond motifs is 7. The van der Waals surface area contributed by atoms with Crippen LogP contribution in [-0.2, 0) is 9.47 Å². The van der Waals surface area contributed by atoms with Gasteiger partial charge in [0.1, 0.15) is 5.60 Å². The van der Waals surface area contributed by atoms with Crippen LogP contribution in [0.25, 0.3) is 0 Å². The van der Waals surface area contributed by atoms with Gasteiger partial charge in [-0.15, -0.1) is 0 Å².